The maximum Gasteiger partial charge on any atom is 0.269 e. The summed E-state index contributed by atoms with van der Waals surface area (Å²) in [7, 11) is -7.27. The number of anilines is 2. The number of rotatable bonds is 17. The highest BCUT2D eigenvalue weighted by Gasteiger charge is 2.32. The molecule has 4 N–H and O–H groups in total. The Kier molecular flexibility index (Phi) is 17.6. The number of thiophene rings is 2. The van der Waals surface area contributed by atoms with Crippen molar-refractivity contribution in [3.8, 4) is 11.3 Å². The molecule has 2 amide bonds. The van der Waals surface area contributed by atoms with Crippen molar-refractivity contribution in [1.29, 1.82) is 0 Å². The zero-order valence-corrected chi connectivity index (χ0v) is 45.6. The van der Waals surface area contributed by atoms with Crippen molar-refractivity contribution >= 4 is 77.3 Å². The Morgan fingerprint density at radius 3 is 1.49 bits per heavy atom. The number of hydrogen-bond acceptors (Lipinski definition) is 16. The summed E-state index contributed by atoms with van der Waals surface area (Å²) < 4.78 is 61.8. The standard InChI is InChI=1S/C27H32N4O5S2.C26H25N5O6S2/c1-27(2,3)20-5-4-6-22(17-20)29-21-13-15-30(16-14-21)38(35,36)25-12-11-24(37-25)18-28-26(32)19-7-9-23(10-8-19)31(33)34;32-26(18-4-6-22(7-5-18)31(33)34)28-15-23-8-9-25(38-23)39(35,36)30-12-10-20(11-13-30)29-21-3-1-2-19(14-21)24-16-27-17-37-24/h4-12,17,21,29H,13-16,18H2,1-3H3,(H,28,32);1-9,14,16-17,20,29H,10-13,15H2,(H,28,32). The predicted molar refractivity (Wildman–Crippen MR) is 295 cm³/mol. The smallest absolute Gasteiger partial charge is 0.269 e. The zero-order chi connectivity index (χ0) is 54.9. The number of nitro benzene ring substituents is 2. The number of amides is 2. The molecular formula is C53H57N9O11S4. The van der Waals surface area contributed by atoms with Gasteiger partial charge in [-0.2, -0.15) is 8.61 Å². The quantitative estimate of drug-likeness (QED) is 0.0488. The van der Waals surface area contributed by atoms with Crippen LogP contribution in [0.3, 0.4) is 0 Å². The SMILES string of the molecule is CC(C)(C)c1cccc(NC2CCN(S(=O)(=O)c3ccc(CNC(=O)c4ccc([N+](=O)[O-])cc4)s3)CC2)c1.O=C(NCc1ccc(S(=O)(=O)N2CCC(Nc3cccc(-c4cnco4)c3)CC2)s1)c1ccc([N+](=O)[O-])cc1. The maximum absolute atomic E-state index is 13.2. The van der Waals surface area contributed by atoms with Crippen molar-refractivity contribution in [2.24, 2.45) is 0 Å². The molecule has 2 saturated heterocycles. The van der Waals surface area contributed by atoms with Gasteiger partial charge in [-0.1, -0.05) is 45.0 Å². The van der Waals surface area contributed by atoms with Gasteiger partial charge in [-0.3, -0.25) is 29.8 Å². The molecule has 0 spiro atoms. The number of oxazole rings is 1. The molecule has 4 aromatic carbocycles. The summed E-state index contributed by atoms with van der Waals surface area (Å²) in [5, 5.41) is 34.1. The largest absolute Gasteiger partial charge is 0.444 e. The molecule has 7 aromatic rings. The molecule has 0 saturated carbocycles. The Labute approximate surface area is 454 Å². The molecule has 20 nitrogen and oxygen atoms in total. The lowest BCUT2D eigenvalue weighted by molar-refractivity contribution is -0.385. The van der Waals surface area contributed by atoms with E-state index in [1.54, 1.807) is 30.5 Å². The van der Waals surface area contributed by atoms with Crippen molar-refractivity contribution in [3.63, 3.8) is 0 Å². The van der Waals surface area contributed by atoms with Gasteiger partial charge in [0, 0.05) is 100 Å². The van der Waals surface area contributed by atoms with Gasteiger partial charge in [0.2, 0.25) is 0 Å². The van der Waals surface area contributed by atoms with E-state index in [-0.39, 0.29) is 61.9 Å². The topological polar surface area (TPSA) is 269 Å². The molecule has 2 aliphatic rings. The van der Waals surface area contributed by atoms with Crippen LogP contribution in [0.25, 0.3) is 11.3 Å². The minimum absolute atomic E-state index is 0.0578. The summed E-state index contributed by atoms with van der Waals surface area (Å²) in [6.07, 6.45) is 5.79. The monoisotopic (exact) mass is 1120 g/mol. The van der Waals surface area contributed by atoms with Gasteiger partial charge < -0.3 is 25.7 Å². The molecule has 24 heteroatoms. The fourth-order valence-corrected chi connectivity index (χ4v) is 14.4. The third kappa shape index (κ3) is 14.4. The number of aromatic nitrogens is 1. The van der Waals surface area contributed by atoms with Crippen LogP contribution in [0.4, 0.5) is 22.7 Å². The van der Waals surface area contributed by atoms with Crippen LogP contribution >= 0.6 is 22.7 Å². The fraction of sp³-hybridized carbons (Fsp3) is 0.302. The number of piperidine rings is 2. The molecule has 0 atom stereocenters. The molecule has 2 fully saturated rings. The van der Waals surface area contributed by atoms with Crippen molar-refractivity contribution in [2.45, 2.75) is 85.5 Å². The number of nitro groups is 2. The number of nitrogens with one attached hydrogen (secondary N) is 4. The third-order valence-electron chi connectivity index (χ3n) is 12.9. The molecule has 2 aliphatic heterocycles. The molecule has 0 radical (unpaired) electrons. The van der Waals surface area contributed by atoms with Gasteiger partial charge in [-0.15, -0.1) is 22.7 Å². The van der Waals surface area contributed by atoms with E-state index >= 15 is 0 Å². The third-order valence-corrected chi connectivity index (χ3v) is 19.8. The van der Waals surface area contributed by atoms with E-state index in [1.807, 2.05) is 36.4 Å². The second kappa shape index (κ2) is 24.3. The van der Waals surface area contributed by atoms with Crippen LogP contribution in [0, 0.1) is 20.2 Å². The van der Waals surface area contributed by atoms with Crippen LogP contribution in [-0.4, -0.2) is 90.4 Å². The van der Waals surface area contributed by atoms with E-state index in [0.29, 0.717) is 72.9 Å². The summed E-state index contributed by atoms with van der Waals surface area (Å²) in [4.78, 5) is 50.6. The summed E-state index contributed by atoms with van der Waals surface area (Å²) in [5.41, 5.74) is 4.59. The van der Waals surface area contributed by atoms with Gasteiger partial charge in [0.25, 0.3) is 43.2 Å². The summed E-state index contributed by atoms with van der Waals surface area (Å²) in [6.45, 7) is 8.50. The number of nitrogens with zero attached hydrogens (tertiary/aromatic N) is 5. The highest BCUT2D eigenvalue weighted by atomic mass is 32.3. The Morgan fingerprint density at radius 2 is 1.08 bits per heavy atom. The first-order chi connectivity index (χ1) is 36.7. The van der Waals surface area contributed by atoms with Gasteiger partial charge in [-0.25, -0.2) is 21.8 Å². The normalized spacial score (nSPS) is 14.9. The highest BCUT2D eigenvalue weighted by Crippen LogP contribution is 2.32. The Morgan fingerprint density at radius 1 is 0.636 bits per heavy atom. The lowest BCUT2D eigenvalue weighted by atomic mass is 9.87. The lowest BCUT2D eigenvalue weighted by Gasteiger charge is -2.32. The second-order valence-corrected chi connectivity index (χ2v) is 26.0. The van der Waals surface area contributed by atoms with Crippen LogP contribution in [0.2, 0.25) is 0 Å². The molecular weight excluding hydrogens is 1070 g/mol. The van der Waals surface area contributed by atoms with Crippen LogP contribution in [0.1, 0.15) is 82.5 Å². The van der Waals surface area contributed by atoms with Crippen molar-refractivity contribution in [3.05, 3.63) is 181 Å². The molecule has 3 aromatic heterocycles. The van der Waals surface area contributed by atoms with Crippen molar-refractivity contribution in [2.75, 3.05) is 36.8 Å². The molecule has 0 bridgehead atoms. The van der Waals surface area contributed by atoms with Crippen LogP contribution in [0.5, 0.6) is 0 Å². The van der Waals surface area contributed by atoms with Crippen LogP contribution in [-0.2, 0) is 38.6 Å². The van der Waals surface area contributed by atoms with Gasteiger partial charge in [0.05, 0.1) is 29.1 Å². The zero-order valence-electron chi connectivity index (χ0n) is 42.3. The first kappa shape index (κ1) is 55.9. The predicted octanol–water partition coefficient (Wildman–Crippen LogP) is 9.66. The fourth-order valence-electron chi connectivity index (χ4n) is 8.59. The van der Waals surface area contributed by atoms with Gasteiger partial charge in [0.1, 0.15) is 8.42 Å². The molecule has 404 valence electrons. The van der Waals surface area contributed by atoms with Crippen LogP contribution in [0.15, 0.2) is 147 Å². The lowest BCUT2D eigenvalue weighted by Crippen LogP contribution is -2.42. The van der Waals surface area contributed by atoms with E-state index in [2.05, 4.69) is 59.2 Å². The minimum atomic E-state index is -3.65. The number of carbonyl (C=O) groups is 2. The van der Waals surface area contributed by atoms with E-state index in [9.17, 15) is 46.7 Å². The number of sulfonamides is 2. The molecule has 0 aliphatic carbocycles. The van der Waals surface area contributed by atoms with Gasteiger partial charge in [-0.05, 0) is 109 Å². The van der Waals surface area contributed by atoms with E-state index in [1.165, 1.54) is 69.1 Å². The van der Waals surface area contributed by atoms with Gasteiger partial charge >= 0.3 is 0 Å². The van der Waals surface area contributed by atoms with E-state index < -0.39 is 35.8 Å². The van der Waals surface area contributed by atoms with E-state index in [4.69, 9.17) is 4.42 Å². The Bertz CT molecular complexity index is 3420. The number of carbonyl (C=O) groups excluding carboxylic acids is 2. The number of benzene rings is 4. The summed E-state index contributed by atoms with van der Waals surface area (Å²) in [5.74, 6) is -0.107. The Balaban J connectivity index is 0.000000204. The summed E-state index contributed by atoms with van der Waals surface area (Å²) in [6, 6.07) is 33.7. The van der Waals surface area contributed by atoms with Gasteiger partial charge in [0.15, 0.2) is 12.2 Å². The average Bonchev–Trinajstić information content (AvgIpc) is 4.25. The Hall–Kier alpha value is -7.35. The van der Waals surface area contributed by atoms with Crippen LogP contribution < -0.4 is 21.3 Å². The number of hydrogen-bond donors (Lipinski definition) is 4. The molecule has 5 heterocycles. The van der Waals surface area contributed by atoms with E-state index in [0.717, 1.165) is 39.6 Å². The molecule has 0 unspecified atom stereocenters. The molecule has 77 heavy (non-hydrogen) atoms. The highest BCUT2D eigenvalue weighted by molar-refractivity contribution is 7.91. The average molecular weight is 1120 g/mol. The summed E-state index contributed by atoms with van der Waals surface area (Å²) >= 11 is 2.25. The number of non-ortho nitro benzene ring substituents is 2. The van der Waals surface area contributed by atoms with Crippen molar-refractivity contribution in [1.82, 2.24) is 24.2 Å². The minimum Gasteiger partial charge on any atom is -0.444 e. The maximum atomic E-state index is 13.2. The molecule has 9 rings (SSSR count). The first-order valence-corrected chi connectivity index (χ1v) is 29.1. The van der Waals surface area contributed by atoms with Crippen molar-refractivity contribution < 1.29 is 40.7 Å². The second-order valence-electron chi connectivity index (χ2n) is 19.3. The first-order valence-electron chi connectivity index (χ1n) is 24.6.